The molecule has 2 aliphatic heterocycles. The van der Waals surface area contributed by atoms with E-state index in [1.807, 2.05) is 11.8 Å². The Morgan fingerprint density at radius 2 is 2.19 bits per heavy atom. The minimum atomic E-state index is -0.0560. The molecule has 4 nitrogen and oxygen atoms in total. The van der Waals surface area contributed by atoms with Crippen LogP contribution in [0.3, 0.4) is 0 Å². The first-order valence-electron chi connectivity index (χ1n) is 5.94. The molecule has 2 aliphatic rings. The van der Waals surface area contributed by atoms with E-state index in [4.69, 9.17) is 4.74 Å². The van der Waals surface area contributed by atoms with Crippen molar-refractivity contribution < 1.29 is 9.53 Å². The fraction of sp³-hybridized carbons (Fsp3) is 0.909. The maximum atomic E-state index is 11.9. The minimum Gasteiger partial charge on any atom is -0.380 e. The molecule has 0 aromatic carbocycles. The van der Waals surface area contributed by atoms with Gasteiger partial charge in [0, 0.05) is 19.7 Å². The van der Waals surface area contributed by atoms with Gasteiger partial charge in [0.05, 0.1) is 12.1 Å². The molecule has 5 heteroatoms. The van der Waals surface area contributed by atoms with Crippen LogP contribution in [0.1, 0.15) is 19.3 Å². The van der Waals surface area contributed by atoms with Crippen LogP contribution in [0.25, 0.3) is 0 Å². The molecule has 0 radical (unpaired) electrons. The third-order valence-corrected chi connectivity index (χ3v) is 4.36. The number of ether oxygens (including phenoxy) is 1. The summed E-state index contributed by atoms with van der Waals surface area (Å²) in [7, 11) is 1.70. The Morgan fingerprint density at radius 3 is 2.81 bits per heavy atom. The fourth-order valence-electron chi connectivity index (χ4n) is 2.23. The first-order chi connectivity index (χ1) is 7.79. The van der Waals surface area contributed by atoms with Crippen molar-refractivity contribution in [1.29, 1.82) is 0 Å². The monoisotopic (exact) mass is 244 g/mol. The normalized spacial score (nSPS) is 31.6. The van der Waals surface area contributed by atoms with Crippen molar-refractivity contribution in [2.75, 3.05) is 25.2 Å². The lowest BCUT2D eigenvalue weighted by molar-refractivity contribution is -0.123. The van der Waals surface area contributed by atoms with Crippen molar-refractivity contribution in [3.05, 3.63) is 0 Å². The van der Waals surface area contributed by atoms with Gasteiger partial charge in [-0.3, -0.25) is 4.79 Å². The van der Waals surface area contributed by atoms with Gasteiger partial charge < -0.3 is 15.4 Å². The number of thioether (sulfide) groups is 1. The lowest BCUT2D eigenvalue weighted by atomic mass is 10.1. The summed E-state index contributed by atoms with van der Waals surface area (Å²) < 4.78 is 5.24. The summed E-state index contributed by atoms with van der Waals surface area (Å²) in [5.41, 5.74) is 0. The Bertz CT molecular complexity index is 244. The van der Waals surface area contributed by atoms with Gasteiger partial charge in [-0.15, -0.1) is 0 Å². The lowest BCUT2D eigenvalue weighted by Crippen LogP contribution is -2.46. The molecule has 2 saturated heterocycles. The molecule has 16 heavy (non-hydrogen) atoms. The standard InChI is InChI=1S/C11H20N2O2S/c1-15-9-6-10(12-7-9)11(14)13-8-2-4-16-5-3-8/h8-10,12H,2-7H2,1H3,(H,13,14). The van der Waals surface area contributed by atoms with Crippen LogP contribution < -0.4 is 10.6 Å². The molecule has 0 aromatic heterocycles. The van der Waals surface area contributed by atoms with Crippen LogP contribution in [0, 0.1) is 0 Å². The molecule has 2 rings (SSSR count). The molecule has 2 fully saturated rings. The second-order valence-corrected chi connectivity index (χ2v) is 5.67. The second-order valence-electron chi connectivity index (χ2n) is 4.45. The van der Waals surface area contributed by atoms with Crippen LogP contribution in [0.2, 0.25) is 0 Å². The van der Waals surface area contributed by atoms with Gasteiger partial charge in [0.15, 0.2) is 0 Å². The number of hydrogen-bond acceptors (Lipinski definition) is 4. The van der Waals surface area contributed by atoms with E-state index >= 15 is 0 Å². The van der Waals surface area contributed by atoms with Gasteiger partial charge in [-0.1, -0.05) is 0 Å². The van der Waals surface area contributed by atoms with Crippen LogP contribution in [0.15, 0.2) is 0 Å². The first-order valence-corrected chi connectivity index (χ1v) is 7.09. The SMILES string of the molecule is COC1CNC(C(=O)NC2CCSCC2)C1. The van der Waals surface area contributed by atoms with E-state index in [0.29, 0.717) is 6.04 Å². The molecule has 2 N–H and O–H groups in total. The molecule has 0 aromatic rings. The van der Waals surface area contributed by atoms with Crippen molar-refractivity contribution >= 4 is 17.7 Å². The zero-order valence-corrected chi connectivity index (χ0v) is 10.5. The predicted octanol–water partition coefficient (Wildman–Crippen LogP) is 0.375. The Hall–Kier alpha value is -0.260. The molecule has 0 aliphatic carbocycles. The van der Waals surface area contributed by atoms with E-state index in [1.54, 1.807) is 7.11 Å². The number of rotatable bonds is 3. The zero-order valence-electron chi connectivity index (χ0n) is 9.70. The van der Waals surface area contributed by atoms with Gasteiger partial charge in [0.1, 0.15) is 0 Å². The van der Waals surface area contributed by atoms with Crippen molar-refractivity contribution in [2.45, 2.75) is 37.5 Å². The van der Waals surface area contributed by atoms with E-state index in [2.05, 4.69) is 10.6 Å². The summed E-state index contributed by atoms with van der Waals surface area (Å²) in [6.45, 7) is 0.787. The number of nitrogens with one attached hydrogen (secondary N) is 2. The lowest BCUT2D eigenvalue weighted by Gasteiger charge is -2.24. The number of hydrogen-bond donors (Lipinski definition) is 2. The molecular weight excluding hydrogens is 224 g/mol. The second kappa shape index (κ2) is 5.89. The smallest absolute Gasteiger partial charge is 0.237 e. The summed E-state index contributed by atoms with van der Waals surface area (Å²) in [5, 5.41) is 6.34. The van der Waals surface area contributed by atoms with Crippen LogP contribution >= 0.6 is 11.8 Å². The highest BCUT2D eigenvalue weighted by Gasteiger charge is 2.30. The average Bonchev–Trinajstić information content (AvgIpc) is 2.79. The van der Waals surface area contributed by atoms with Gasteiger partial charge in [-0.25, -0.2) is 0 Å². The Kier molecular flexibility index (Phi) is 4.49. The Balaban J connectivity index is 1.75. The van der Waals surface area contributed by atoms with Gasteiger partial charge >= 0.3 is 0 Å². The highest BCUT2D eigenvalue weighted by atomic mass is 32.2. The van der Waals surface area contributed by atoms with E-state index in [9.17, 15) is 4.79 Å². The number of carbonyl (C=O) groups is 1. The molecule has 2 heterocycles. The van der Waals surface area contributed by atoms with Crippen molar-refractivity contribution in [1.82, 2.24) is 10.6 Å². The molecule has 2 unspecified atom stereocenters. The Morgan fingerprint density at radius 1 is 1.44 bits per heavy atom. The largest absolute Gasteiger partial charge is 0.380 e. The van der Waals surface area contributed by atoms with E-state index < -0.39 is 0 Å². The maximum Gasteiger partial charge on any atom is 0.237 e. The third kappa shape index (κ3) is 3.12. The fourth-order valence-corrected chi connectivity index (χ4v) is 3.33. The number of methoxy groups -OCH3 is 1. The summed E-state index contributed by atoms with van der Waals surface area (Å²) in [4.78, 5) is 11.9. The van der Waals surface area contributed by atoms with Gasteiger partial charge in [-0.05, 0) is 30.8 Å². The minimum absolute atomic E-state index is 0.0560. The molecule has 0 saturated carbocycles. The highest BCUT2D eigenvalue weighted by Crippen LogP contribution is 2.17. The van der Waals surface area contributed by atoms with E-state index in [0.717, 1.165) is 25.8 Å². The Labute approximate surface area is 101 Å². The maximum absolute atomic E-state index is 11.9. The van der Waals surface area contributed by atoms with Crippen molar-refractivity contribution in [2.24, 2.45) is 0 Å². The summed E-state index contributed by atoms with van der Waals surface area (Å²) in [5.74, 6) is 2.49. The molecule has 1 amide bonds. The van der Waals surface area contributed by atoms with Crippen LogP contribution in [-0.2, 0) is 9.53 Å². The highest BCUT2D eigenvalue weighted by molar-refractivity contribution is 7.99. The van der Waals surface area contributed by atoms with E-state index in [-0.39, 0.29) is 18.1 Å². The topological polar surface area (TPSA) is 50.4 Å². The summed E-state index contributed by atoms with van der Waals surface area (Å²) in [6, 6.07) is 0.330. The van der Waals surface area contributed by atoms with Crippen LogP contribution in [-0.4, -0.2) is 49.3 Å². The molecule has 0 spiro atoms. The third-order valence-electron chi connectivity index (χ3n) is 3.31. The van der Waals surface area contributed by atoms with Gasteiger partial charge in [0.25, 0.3) is 0 Å². The average molecular weight is 244 g/mol. The zero-order chi connectivity index (χ0) is 11.4. The van der Waals surface area contributed by atoms with Crippen LogP contribution in [0.5, 0.6) is 0 Å². The van der Waals surface area contributed by atoms with E-state index in [1.165, 1.54) is 11.5 Å². The number of amides is 1. The van der Waals surface area contributed by atoms with Gasteiger partial charge in [0.2, 0.25) is 5.91 Å². The first kappa shape index (κ1) is 12.2. The van der Waals surface area contributed by atoms with Gasteiger partial charge in [-0.2, -0.15) is 11.8 Å². The van der Waals surface area contributed by atoms with Crippen molar-refractivity contribution in [3.8, 4) is 0 Å². The molecule has 0 bridgehead atoms. The quantitative estimate of drug-likeness (QED) is 0.753. The predicted molar refractivity (Wildman–Crippen MR) is 65.7 cm³/mol. The molecule has 92 valence electrons. The van der Waals surface area contributed by atoms with Crippen molar-refractivity contribution in [3.63, 3.8) is 0 Å². The molecule has 2 atom stereocenters. The number of carbonyl (C=O) groups excluding carboxylic acids is 1. The van der Waals surface area contributed by atoms with Crippen LogP contribution in [0.4, 0.5) is 0 Å². The molecular formula is C11H20N2O2S. The summed E-state index contributed by atoms with van der Waals surface area (Å²) in [6.07, 6.45) is 3.20. The summed E-state index contributed by atoms with van der Waals surface area (Å²) >= 11 is 1.98.